The van der Waals surface area contributed by atoms with Crippen molar-refractivity contribution in [3.8, 4) is 11.5 Å². The molecule has 0 spiro atoms. The van der Waals surface area contributed by atoms with Crippen molar-refractivity contribution < 1.29 is 19.5 Å². The molecule has 0 unspecified atom stereocenters. The maximum atomic E-state index is 11.2. The summed E-state index contributed by atoms with van der Waals surface area (Å²) in [6.45, 7) is 5.47. The molecule has 1 heterocycles. The molecule has 0 saturated heterocycles. The van der Waals surface area contributed by atoms with Gasteiger partial charge in [-0.1, -0.05) is 20.8 Å². The largest absolute Gasteiger partial charge is 0.454 e. The van der Waals surface area contributed by atoms with Gasteiger partial charge in [0.2, 0.25) is 6.79 Å². The molecule has 0 saturated carbocycles. The van der Waals surface area contributed by atoms with Crippen LogP contribution >= 0.6 is 0 Å². The molecule has 0 bridgehead atoms. The zero-order valence-corrected chi connectivity index (χ0v) is 11.6. The maximum Gasteiger partial charge on any atom is 0.278 e. The number of nitro groups is 1. The van der Waals surface area contributed by atoms with E-state index >= 15 is 0 Å². The number of nitrogens with two attached hydrogens (primary N) is 1. The molecule has 1 aliphatic rings. The van der Waals surface area contributed by atoms with Crippen molar-refractivity contribution in [2.45, 2.75) is 32.9 Å². The molecule has 110 valence electrons. The lowest BCUT2D eigenvalue weighted by molar-refractivity contribution is -0.386. The first-order chi connectivity index (χ1) is 9.21. The topological polar surface area (TPSA) is 108 Å². The lowest BCUT2D eigenvalue weighted by Crippen LogP contribution is -2.37. The maximum absolute atomic E-state index is 11.2. The predicted octanol–water partition coefficient (Wildman–Crippen LogP) is 1.73. The predicted molar refractivity (Wildman–Crippen MR) is 71.6 cm³/mol. The number of aliphatic hydroxyl groups excluding tert-OH is 1. The minimum atomic E-state index is -0.929. The van der Waals surface area contributed by atoms with Crippen molar-refractivity contribution in [2.75, 3.05) is 6.79 Å². The van der Waals surface area contributed by atoms with Gasteiger partial charge in [-0.25, -0.2) is 0 Å². The third-order valence-electron chi connectivity index (χ3n) is 3.31. The van der Waals surface area contributed by atoms with Crippen molar-refractivity contribution in [1.29, 1.82) is 0 Å². The van der Waals surface area contributed by atoms with Gasteiger partial charge in [-0.3, -0.25) is 10.1 Å². The molecule has 0 radical (unpaired) electrons. The van der Waals surface area contributed by atoms with Crippen LogP contribution in [0, 0.1) is 15.5 Å². The molecule has 2 rings (SSSR count). The molecule has 2 atom stereocenters. The Balaban J connectivity index is 2.47. The Morgan fingerprint density at radius 1 is 1.35 bits per heavy atom. The van der Waals surface area contributed by atoms with E-state index in [-0.39, 0.29) is 18.0 Å². The Bertz CT molecular complexity index is 538. The van der Waals surface area contributed by atoms with Gasteiger partial charge in [0.1, 0.15) is 0 Å². The van der Waals surface area contributed by atoms with Crippen LogP contribution in [0.2, 0.25) is 0 Å². The normalized spacial score (nSPS) is 16.9. The smallest absolute Gasteiger partial charge is 0.278 e. The molecule has 0 amide bonds. The van der Waals surface area contributed by atoms with Crippen molar-refractivity contribution >= 4 is 5.69 Å². The van der Waals surface area contributed by atoms with Gasteiger partial charge >= 0.3 is 0 Å². The van der Waals surface area contributed by atoms with Crippen LogP contribution < -0.4 is 15.2 Å². The quantitative estimate of drug-likeness (QED) is 0.645. The number of rotatable bonds is 3. The summed E-state index contributed by atoms with van der Waals surface area (Å²) in [7, 11) is 0. The summed E-state index contributed by atoms with van der Waals surface area (Å²) < 4.78 is 10.3. The van der Waals surface area contributed by atoms with Gasteiger partial charge < -0.3 is 20.3 Å². The van der Waals surface area contributed by atoms with Crippen LogP contribution in [0.5, 0.6) is 11.5 Å². The number of hydrogen-bond acceptors (Lipinski definition) is 6. The Morgan fingerprint density at radius 3 is 2.40 bits per heavy atom. The minimum Gasteiger partial charge on any atom is -0.454 e. The van der Waals surface area contributed by atoms with Gasteiger partial charge in [-0.2, -0.15) is 0 Å². The zero-order chi connectivity index (χ0) is 15.1. The first-order valence-electron chi connectivity index (χ1n) is 6.23. The van der Waals surface area contributed by atoms with Gasteiger partial charge in [-0.15, -0.1) is 0 Å². The first-order valence-corrected chi connectivity index (χ1v) is 6.23. The molecule has 1 aromatic rings. The fourth-order valence-corrected chi connectivity index (χ4v) is 2.08. The van der Waals surface area contributed by atoms with E-state index in [0.29, 0.717) is 11.5 Å². The number of nitrogens with zero attached hydrogens (tertiary/aromatic N) is 1. The lowest BCUT2D eigenvalue weighted by atomic mass is 9.82. The number of nitro benzene ring substituents is 1. The monoisotopic (exact) mass is 282 g/mol. The Morgan fingerprint density at radius 2 is 1.90 bits per heavy atom. The van der Waals surface area contributed by atoms with E-state index in [1.54, 1.807) is 0 Å². The van der Waals surface area contributed by atoms with Crippen LogP contribution in [0.1, 0.15) is 32.4 Å². The fourth-order valence-electron chi connectivity index (χ4n) is 2.08. The van der Waals surface area contributed by atoms with E-state index in [1.165, 1.54) is 12.1 Å². The second-order valence-electron chi connectivity index (χ2n) is 5.86. The van der Waals surface area contributed by atoms with E-state index in [4.69, 9.17) is 15.2 Å². The SMILES string of the molecule is CC(C)(C)[C@@H](O)[C@@H](N)c1cc2c(cc1[N+](=O)[O-])OCO2. The molecular formula is C13H18N2O5. The molecule has 7 heteroatoms. The summed E-state index contributed by atoms with van der Waals surface area (Å²) in [5, 5.41) is 21.4. The lowest BCUT2D eigenvalue weighted by Gasteiger charge is -2.30. The van der Waals surface area contributed by atoms with Crippen molar-refractivity contribution in [3.63, 3.8) is 0 Å². The summed E-state index contributed by atoms with van der Waals surface area (Å²) in [5.74, 6) is 0.722. The summed E-state index contributed by atoms with van der Waals surface area (Å²) in [4.78, 5) is 10.6. The van der Waals surface area contributed by atoms with E-state index in [2.05, 4.69) is 0 Å². The van der Waals surface area contributed by atoms with Crippen molar-refractivity contribution in [2.24, 2.45) is 11.1 Å². The second kappa shape index (κ2) is 4.92. The standard InChI is InChI=1S/C13H18N2O5/c1-13(2,3)12(16)11(14)7-4-9-10(20-6-19-9)5-8(7)15(17)18/h4-5,11-12,16H,6,14H2,1-3H3/t11-,12-/m0/s1. The van der Waals surface area contributed by atoms with Crippen LogP contribution in [0.25, 0.3) is 0 Å². The highest BCUT2D eigenvalue weighted by molar-refractivity contribution is 5.56. The highest BCUT2D eigenvalue weighted by Gasteiger charge is 2.34. The second-order valence-corrected chi connectivity index (χ2v) is 5.86. The highest BCUT2D eigenvalue weighted by atomic mass is 16.7. The summed E-state index contributed by atoms with van der Waals surface area (Å²) in [6.07, 6.45) is -0.929. The Hall–Kier alpha value is -1.86. The number of hydrogen-bond donors (Lipinski definition) is 2. The molecule has 0 aliphatic carbocycles. The molecule has 1 aliphatic heterocycles. The molecule has 3 N–H and O–H groups in total. The molecule has 0 fully saturated rings. The van der Waals surface area contributed by atoms with Crippen LogP contribution in [0.4, 0.5) is 5.69 Å². The van der Waals surface area contributed by atoms with E-state index in [1.807, 2.05) is 20.8 Å². The minimum absolute atomic E-state index is 0.0208. The Kier molecular flexibility index (Phi) is 3.58. The zero-order valence-electron chi connectivity index (χ0n) is 11.6. The molecular weight excluding hydrogens is 264 g/mol. The first kappa shape index (κ1) is 14.5. The van der Waals surface area contributed by atoms with Gasteiger partial charge in [0, 0.05) is 0 Å². The van der Waals surface area contributed by atoms with Crippen LogP contribution in [-0.2, 0) is 0 Å². The summed E-state index contributed by atoms with van der Waals surface area (Å²) in [6, 6.07) is 1.87. The fraction of sp³-hybridized carbons (Fsp3) is 0.538. The highest BCUT2D eigenvalue weighted by Crippen LogP contribution is 2.41. The van der Waals surface area contributed by atoms with Gasteiger partial charge in [0.25, 0.3) is 5.69 Å². The third-order valence-corrected chi connectivity index (χ3v) is 3.31. The summed E-state index contributed by atoms with van der Waals surface area (Å²) in [5.41, 5.74) is 5.57. The van der Waals surface area contributed by atoms with Gasteiger partial charge in [0.15, 0.2) is 11.5 Å². The molecule has 7 nitrogen and oxygen atoms in total. The van der Waals surface area contributed by atoms with E-state index in [0.717, 1.165) is 0 Å². The number of benzene rings is 1. The average Bonchev–Trinajstić information content (AvgIpc) is 2.81. The van der Waals surface area contributed by atoms with Crippen LogP contribution in [0.15, 0.2) is 12.1 Å². The van der Waals surface area contributed by atoms with Gasteiger partial charge in [0.05, 0.1) is 28.7 Å². The van der Waals surface area contributed by atoms with E-state index < -0.39 is 22.5 Å². The van der Waals surface area contributed by atoms with E-state index in [9.17, 15) is 15.2 Å². The number of aliphatic hydroxyl groups is 1. The molecule has 1 aromatic carbocycles. The van der Waals surface area contributed by atoms with Crippen molar-refractivity contribution in [1.82, 2.24) is 0 Å². The number of ether oxygens (including phenoxy) is 2. The van der Waals surface area contributed by atoms with Gasteiger partial charge in [-0.05, 0) is 11.5 Å². The third kappa shape index (κ3) is 2.54. The van der Waals surface area contributed by atoms with Crippen LogP contribution in [-0.4, -0.2) is 22.9 Å². The average molecular weight is 282 g/mol. The number of fused-ring (bicyclic) bond motifs is 1. The van der Waals surface area contributed by atoms with Crippen molar-refractivity contribution in [3.05, 3.63) is 27.8 Å². The van der Waals surface area contributed by atoms with Crippen LogP contribution in [0.3, 0.4) is 0 Å². The molecule has 20 heavy (non-hydrogen) atoms. The summed E-state index contributed by atoms with van der Waals surface area (Å²) >= 11 is 0. The Labute approximate surface area is 116 Å². The molecule has 0 aromatic heterocycles.